The Morgan fingerprint density at radius 3 is 2.57 bits per heavy atom. The number of rotatable bonds is 4. The molecule has 1 N–H and O–H groups in total. The van der Waals surface area contributed by atoms with Crippen molar-refractivity contribution in [1.82, 2.24) is 0 Å². The Hall–Kier alpha value is -2.14. The van der Waals surface area contributed by atoms with Gasteiger partial charge in [-0.05, 0) is 43.0 Å². The Morgan fingerprint density at radius 1 is 1.33 bits per heavy atom. The average molecular weight is 289 g/mol. The molecule has 0 aliphatic heterocycles. The van der Waals surface area contributed by atoms with Crippen molar-refractivity contribution in [1.29, 1.82) is 0 Å². The van der Waals surface area contributed by atoms with Crippen LogP contribution in [0.25, 0.3) is 11.3 Å². The van der Waals surface area contributed by atoms with Crippen molar-refractivity contribution in [2.75, 3.05) is 0 Å². The van der Waals surface area contributed by atoms with Gasteiger partial charge < -0.3 is 9.52 Å². The Morgan fingerprint density at radius 2 is 2.05 bits per heavy atom. The third-order valence-electron chi connectivity index (χ3n) is 3.42. The summed E-state index contributed by atoms with van der Waals surface area (Å²) in [5, 5.41) is 21.2. The Bertz CT molecular complexity index is 603. The minimum absolute atomic E-state index is 0.0327. The molecule has 0 spiro atoms. The molecule has 1 aliphatic carbocycles. The maximum atomic E-state index is 11.0. The van der Waals surface area contributed by atoms with Crippen LogP contribution >= 0.6 is 0 Å². The second-order valence-corrected chi connectivity index (χ2v) is 4.79. The molecule has 21 heavy (non-hydrogen) atoms. The minimum Gasteiger partial charge on any atom is -0.464 e. The van der Waals surface area contributed by atoms with Gasteiger partial charge in [-0.1, -0.05) is 13.8 Å². The molecular weight excluding hydrogens is 270 g/mol. The highest BCUT2D eigenvalue weighted by atomic mass is 16.6. The van der Waals surface area contributed by atoms with E-state index in [1.165, 1.54) is 6.07 Å². The van der Waals surface area contributed by atoms with Gasteiger partial charge in [0.15, 0.2) is 0 Å². The number of nitro benzene ring substituents is 1. The molecule has 0 amide bonds. The van der Waals surface area contributed by atoms with Crippen molar-refractivity contribution in [2.45, 2.75) is 32.8 Å². The van der Waals surface area contributed by atoms with Crippen LogP contribution < -0.4 is 0 Å². The molecule has 2 aromatic rings. The highest BCUT2D eigenvalue weighted by Gasteiger charge is 2.34. The first-order valence-electron chi connectivity index (χ1n) is 7.17. The van der Waals surface area contributed by atoms with Crippen LogP contribution in [-0.4, -0.2) is 10.0 Å². The van der Waals surface area contributed by atoms with Crippen molar-refractivity contribution in [3.8, 4) is 11.3 Å². The van der Waals surface area contributed by atoms with Crippen molar-refractivity contribution in [2.24, 2.45) is 5.92 Å². The van der Waals surface area contributed by atoms with E-state index in [0.717, 1.165) is 18.4 Å². The van der Waals surface area contributed by atoms with Gasteiger partial charge >= 0.3 is 0 Å². The summed E-state index contributed by atoms with van der Waals surface area (Å²) in [6, 6.07) is 8.26. The standard InChI is InChI=1S/C14H13NO4.C2H6/c16-14(9-3-4-9)11-8-10(13-2-1-7-19-13)5-6-12(11)15(17)18;1-2/h1-2,5-9,14,16H,3-4H2;1-2H3. The molecule has 0 radical (unpaired) electrons. The number of hydrogen-bond acceptors (Lipinski definition) is 4. The van der Waals surface area contributed by atoms with Gasteiger partial charge in [0.2, 0.25) is 0 Å². The minimum atomic E-state index is -0.768. The van der Waals surface area contributed by atoms with Gasteiger partial charge in [-0.3, -0.25) is 10.1 Å². The zero-order valence-corrected chi connectivity index (χ0v) is 12.2. The summed E-state index contributed by atoms with van der Waals surface area (Å²) in [7, 11) is 0. The fourth-order valence-corrected chi connectivity index (χ4v) is 2.22. The molecule has 1 atom stereocenters. The second-order valence-electron chi connectivity index (χ2n) is 4.79. The number of nitro groups is 1. The van der Waals surface area contributed by atoms with Gasteiger partial charge in [-0.25, -0.2) is 0 Å². The summed E-state index contributed by atoms with van der Waals surface area (Å²) in [5.41, 5.74) is 1.08. The number of aliphatic hydroxyl groups is 1. The number of benzene rings is 1. The summed E-state index contributed by atoms with van der Waals surface area (Å²) in [6.45, 7) is 4.00. The van der Waals surface area contributed by atoms with E-state index >= 15 is 0 Å². The molecule has 112 valence electrons. The third-order valence-corrected chi connectivity index (χ3v) is 3.42. The highest BCUT2D eigenvalue weighted by molar-refractivity contribution is 5.62. The quantitative estimate of drug-likeness (QED) is 0.671. The van der Waals surface area contributed by atoms with Crippen LogP contribution in [-0.2, 0) is 0 Å². The van der Waals surface area contributed by atoms with E-state index in [9.17, 15) is 15.2 Å². The van der Waals surface area contributed by atoms with E-state index < -0.39 is 11.0 Å². The first-order chi connectivity index (χ1) is 10.2. The van der Waals surface area contributed by atoms with E-state index in [0.29, 0.717) is 11.3 Å². The van der Waals surface area contributed by atoms with Crippen LogP contribution in [0.4, 0.5) is 5.69 Å². The molecule has 1 aliphatic rings. The summed E-state index contributed by atoms with van der Waals surface area (Å²) >= 11 is 0. The predicted octanol–water partition coefficient (Wildman–Crippen LogP) is 4.32. The lowest BCUT2D eigenvalue weighted by molar-refractivity contribution is -0.386. The molecule has 3 rings (SSSR count). The van der Waals surface area contributed by atoms with Gasteiger partial charge in [0.05, 0.1) is 22.9 Å². The Balaban J connectivity index is 0.000000774. The van der Waals surface area contributed by atoms with Crippen LogP contribution in [0.3, 0.4) is 0 Å². The van der Waals surface area contributed by atoms with Crippen molar-refractivity contribution in [3.63, 3.8) is 0 Å². The second kappa shape index (κ2) is 6.54. The molecule has 5 heteroatoms. The van der Waals surface area contributed by atoms with Crippen molar-refractivity contribution in [3.05, 3.63) is 52.3 Å². The summed E-state index contributed by atoms with van der Waals surface area (Å²) in [5.74, 6) is 0.782. The monoisotopic (exact) mass is 289 g/mol. The Kier molecular flexibility index (Phi) is 4.75. The normalized spacial score (nSPS) is 15.0. The SMILES string of the molecule is CC.O=[N+]([O-])c1ccc(-c2ccco2)cc1C(O)C1CC1. The number of furan rings is 1. The van der Waals surface area contributed by atoms with E-state index in [1.54, 1.807) is 30.5 Å². The maximum absolute atomic E-state index is 11.0. The summed E-state index contributed by atoms with van der Waals surface area (Å²) < 4.78 is 5.28. The lowest BCUT2D eigenvalue weighted by atomic mass is 9.99. The molecule has 1 saturated carbocycles. The van der Waals surface area contributed by atoms with Crippen LogP contribution in [0.2, 0.25) is 0 Å². The molecule has 5 nitrogen and oxygen atoms in total. The molecule has 0 saturated heterocycles. The molecule has 0 bridgehead atoms. The lowest BCUT2D eigenvalue weighted by Crippen LogP contribution is -2.04. The van der Waals surface area contributed by atoms with Gasteiger partial charge in [0.1, 0.15) is 5.76 Å². The van der Waals surface area contributed by atoms with Crippen LogP contribution in [0.15, 0.2) is 41.0 Å². The fraction of sp³-hybridized carbons (Fsp3) is 0.375. The molecule has 1 fully saturated rings. The number of nitrogens with zero attached hydrogens (tertiary/aromatic N) is 1. The van der Waals surface area contributed by atoms with Crippen molar-refractivity contribution >= 4 is 5.69 Å². The summed E-state index contributed by atoms with van der Waals surface area (Å²) in [4.78, 5) is 10.6. The van der Waals surface area contributed by atoms with Crippen molar-refractivity contribution < 1.29 is 14.4 Å². The number of hydrogen-bond donors (Lipinski definition) is 1. The largest absolute Gasteiger partial charge is 0.464 e. The first-order valence-corrected chi connectivity index (χ1v) is 7.17. The van der Waals surface area contributed by atoms with Crippen LogP contribution in [0, 0.1) is 16.0 Å². The van der Waals surface area contributed by atoms with E-state index in [2.05, 4.69) is 0 Å². The van der Waals surface area contributed by atoms with E-state index in [-0.39, 0.29) is 11.6 Å². The fourth-order valence-electron chi connectivity index (χ4n) is 2.22. The molecule has 1 aromatic carbocycles. The van der Waals surface area contributed by atoms with Gasteiger partial charge in [-0.15, -0.1) is 0 Å². The van der Waals surface area contributed by atoms with Gasteiger partial charge in [0.25, 0.3) is 5.69 Å². The average Bonchev–Trinajstić information content (AvgIpc) is 3.22. The third kappa shape index (κ3) is 3.31. The zero-order chi connectivity index (χ0) is 15.4. The number of aliphatic hydroxyl groups excluding tert-OH is 1. The Labute approximate surface area is 123 Å². The molecule has 1 unspecified atom stereocenters. The molecule has 1 aromatic heterocycles. The first kappa shape index (κ1) is 15.3. The van der Waals surface area contributed by atoms with Crippen LogP contribution in [0.1, 0.15) is 38.4 Å². The zero-order valence-electron chi connectivity index (χ0n) is 12.2. The van der Waals surface area contributed by atoms with Crippen LogP contribution in [0.5, 0.6) is 0 Å². The van der Waals surface area contributed by atoms with Gasteiger partial charge in [0, 0.05) is 11.6 Å². The lowest BCUT2D eigenvalue weighted by Gasteiger charge is -2.11. The van der Waals surface area contributed by atoms with E-state index in [4.69, 9.17) is 4.42 Å². The maximum Gasteiger partial charge on any atom is 0.275 e. The predicted molar refractivity (Wildman–Crippen MR) is 79.8 cm³/mol. The molecule has 1 heterocycles. The van der Waals surface area contributed by atoms with E-state index in [1.807, 2.05) is 13.8 Å². The highest BCUT2D eigenvalue weighted by Crippen LogP contribution is 2.44. The molecular formula is C16H19NO4. The van der Waals surface area contributed by atoms with Gasteiger partial charge in [-0.2, -0.15) is 0 Å². The topological polar surface area (TPSA) is 76.5 Å². The summed E-state index contributed by atoms with van der Waals surface area (Å²) in [6.07, 6.45) is 2.62. The smallest absolute Gasteiger partial charge is 0.275 e.